The van der Waals surface area contributed by atoms with Crippen molar-refractivity contribution in [3.8, 4) is 0 Å². The first-order valence-electron chi connectivity index (χ1n) is 5.22. The lowest BCUT2D eigenvalue weighted by Crippen LogP contribution is -2.25. The van der Waals surface area contributed by atoms with E-state index in [1.54, 1.807) is 0 Å². The summed E-state index contributed by atoms with van der Waals surface area (Å²) in [5, 5.41) is 0. The minimum absolute atomic E-state index is 0.0237. The molecule has 80 valence electrons. The van der Waals surface area contributed by atoms with Gasteiger partial charge in [-0.05, 0) is 34.1 Å². The van der Waals surface area contributed by atoms with Crippen LogP contribution in [-0.2, 0) is 12.0 Å². The minimum Gasteiger partial charge on any atom is -0.384 e. The summed E-state index contributed by atoms with van der Waals surface area (Å²) in [6.07, 6.45) is 2.10. The van der Waals surface area contributed by atoms with Crippen LogP contribution >= 0.6 is 0 Å². The third-order valence-electron chi connectivity index (χ3n) is 2.31. The molecule has 0 fully saturated rings. The molecule has 0 aliphatic rings. The van der Waals surface area contributed by atoms with E-state index in [1.807, 2.05) is 6.92 Å². The molecule has 3 heteroatoms. The fraction of sp³-hybridized carbons (Fsp3) is 0.727. The fourth-order valence-electron chi connectivity index (χ4n) is 1.74. The van der Waals surface area contributed by atoms with Crippen LogP contribution in [0.3, 0.4) is 0 Å². The summed E-state index contributed by atoms with van der Waals surface area (Å²) >= 11 is 0. The van der Waals surface area contributed by atoms with Crippen LogP contribution in [0, 0.1) is 6.92 Å². The van der Waals surface area contributed by atoms with Gasteiger partial charge in [0, 0.05) is 12.0 Å². The minimum atomic E-state index is 0.0237. The van der Waals surface area contributed by atoms with Crippen molar-refractivity contribution in [2.24, 2.45) is 0 Å². The summed E-state index contributed by atoms with van der Waals surface area (Å²) in [6, 6.07) is 0. The molecule has 1 rings (SSSR count). The number of anilines is 1. The Morgan fingerprint density at radius 3 is 2.36 bits per heavy atom. The smallest absolute Gasteiger partial charge is 0.126 e. The molecule has 0 aliphatic carbocycles. The van der Waals surface area contributed by atoms with Crippen molar-refractivity contribution in [2.45, 2.75) is 53.0 Å². The zero-order chi connectivity index (χ0) is 10.9. The van der Waals surface area contributed by atoms with E-state index in [0.29, 0.717) is 0 Å². The summed E-state index contributed by atoms with van der Waals surface area (Å²) < 4.78 is 2.14. The monoisotopic (exact) mass is 195 g/mol. The first-order valence-corrected chi connectivity index (χ1v) is 5.22. The number of nitrogens with two attached hydrogens (primary N) is 1. The quantitative estimate of drug-likeness (QED) is 0.788. The van der Waals surface area contributed by atoms with Gasteiger partial charge in [0.15, 0.2) is 0 Å². The zero-order valence-corrected chi connectivity index (χ0v) is 9.89. The average molecular weight is 195 g/mol. The number of imidazole rings is 1. The van der Waals surface area contributed by atoms with E-state index in [2.05, 4.69) is 37.2 Å². The Morgan fingerprint density at radius 1 is 1.36 bits per heavy atom. The average Bonchev–Trinajstić information content (AvgIpc) is 2.27. The third-order valence-corrected chi connectivity index (χ3v) is 2.31. The van der Waals surface area contributed by atoms with Gasteiger partial charge in [-0.15, -0.1) is 0 Å². The Labute approximate surface area is 86.3 Å². The van der Waals surface area contributed by atoms with Gasteiger partial charge in [-0.1, -0.05) is 6.92 Å². The van der Waals surface area contributed by atoms with E-state index in [-0.39, 0.29) is 5.54 Å². The summed E-state index contributed by atoms with van der Waals surface area (Å²) in [5.74, 6) is 1.91. The molecule has 0 aromatic carbocycles. The zero-order valence-electron chi connectivity index (χ0n) is 9.89. The van der Waals surface area contributed by atoms with E-state index in [1.165, 1.54) is 0 Å². The van der Waals surface area contributed by atoms with Crippen LogP contribution in [0.5, 0.6) is 0 Å². The van der Waals surface area contributed by atoms with Gasteiger partial charge in [0.25, 0.3) is 0 Å². The number of hydrogen-bond acceptors (Lipinski definition) is 2. The molecule has 1 aromatic heterocycles. The Balaban J connectivity index is 3.23. The lowest BCUT2D eigenvalue weighted by atomic mass is 10.1. The van der Waals surface area contributed by atoms with E-state index >= 15 is 0 Å². The van der Waals surface area contributed by atoms with Crippen LogP contribution in [0.1, 0.15) is 45.6 Å². The molecule has 0 spiro atoms. The molecule has 0 unspecified atom stereocenters. The lowest BCUT2D eigenvalue weighted by molar-refractivity contribution is 0.387. The molecule has 0 bridgehead atoms. The van der Waals surface area contributed by atoms with Gasteiger partial charge < -0.3 is 10.3 Å². The Kier molecular flexibility index (Phi) is 2.88. The van der Waals surface area contributed by atoms with Crippen LogP contribution in [0.2, 0.25) is 0 Å². The van der Waals surface area contributed by atoms with Crippen molar-refractivity contribution < 1.29 is 0 Å². The molecule has 1 heterocycles. The highest BCUT2D eigenvalue weighted by Crippen LogP contribution is 2.24. The second kappa shape index (κ2) is 3.64. The van der Waals surface area contributed by atoms with E-state index in [0.717, 1.165) is 30.2 Å². The maximum atomic E-state index is 6.02. The van der Waals surface area contributed by atoms with Crippen LogP contribution < -0.4 is 5.73 Å². The number of hydrogen-bond donors (Lipinski definition) is 1. The van der Waals surface area contributed by atoms with Crippen molar-refractivity contribution in [3.63, 3.8) is 0 Å². The first kappa shape index (κ1) is 11.1. The highest BCUT2D eigenvalue weighted by atomic mass is 15.2. The van der Waals surface area contributed by atoms with Gasteiger partial charge in [0.2, 0.25) is 0 Å². The predicted octanol–water partition coefficient (Wildman–Crippen LogP) is 2.48. The number of rotatable bonds is 2. The van der Waals surface area contributed by atoms with Crippen LogP contribution in [0.4, 0.5) is 5.82 Å². The molecule has 0 aliphatic heterocycles. The maximum Gasteiger partial charge on any atom is 0.126 e. The van der Waals surface area contributed by atoms with Crippen molar-refractivity contribution in [1.82, 2.24) is 9.55 Å². The molecule has 14 heavy (non-hydrogen) atoms. The van der Waals surface area contributed by atoms with E-state index in [4.69, 9.17) is 5.73 Å². The summed E-state index contributed by atoms with van der Waals surface area (Å²) in [4.78, 5) is 4.50. The summed E-state index contributed by atoms with van der Waals surface area (Å²) in [7, 11) is 0. The van der Waals surface area contributed by atoms with Crippen LogP contribution in [-0.4, -0.2) is 9.55 Å². The molecule has 1 aromatic rings. The summed E-state index contributed by atoms with van der Waals surface area (Å²) in [6.45, 7) is 10.6. The molecule has 0 saturated carbocycles. The number of nitrogen functional groups attached to an aromatic ring is 1. The fourth-order valence-corrected chi connectivity index (χ4v) is 1.74. The standard InChI is InChI=1S/C11H21N3/c1-6-7-9-13-8(2)10(12)14(9)11(3,4)5/h6-7,12H2,1-5H3. The second-order valence-electron chi connectivity index (χ2n) is 4.75. The maximum absolute atomic E-state index is 6.02. The summed E-state index contributed by atoms with van der Waals surface area (Å²) in [5.41, 5.74) is 6.99. The third kappa shape index (κ3) is 1.91. The van der Waals surface area contributed by atoms with E-state index in [9.17, 15) is 0 Å². The topological polar surface area (TPSA) is 43.8 Å². The van der Waals surface area contributed by atoms with Crippen molar-refractivity contribution in [3.05, 3.63) is 11.5 Å². The molecule has 2 N–H and O–H groups in total. The van der Waals surface area contributed by atoms with Gasteiger partial charge >= 0.3 is 0 Å². The first-order chi connectivity index (χ1) is 6.38. The Hall–Kier alpha value is -0.990. The molecular formula is C11H21N3. The largest absolute Gasteiger partial charge is 0.384 e. The number of aryl methyl sites for hydroxylation is 2. The van der Waals surface area contributed by atoms with Gasteiger partial charge in [-0.2, -0.15) is 0 Å². The van der Waals surface area contributed by atoms with Gasteiger partial charge in [-0.3, -0.25) is 0 Å². The molecular weight excluding hydrogens is 174 g/mol. The molecule has 3 nitrogen and oxygen atoms in total. The predicted molar refractivity (Wildman–Crippen MR) is 60.4 cm³/mol. The highest BCUT2D eigenvalue weighted by molar-refractivity contribution is 5.38. The highest BCUT2D eigenvalue weighted by Gasteiger charge is 2.21. The van der Waals surface area contributed by atoms with Gasteiger partial charge in [-0.25, -0.2) is 4.98 Å². The molecule has 0 atom stereocenters. The van der Waals surface area contributed by atoms with Gasteiger partial charge in [0.1, 0.15) is 11.6 Å². The normalized spacial score (nSPS) is 12.1. The van der Waals surface area contributed by atoms with Crippen LogP contribution in [0.15, 0.2) is 0 Å². The molecule has 0 amide bonds. The lowest BCUT2D eigenvalue weighted by Gasteiger charge is -2.25. The van der Waals surface area contributed by atoms with Crippen molar-refractivity contribution in [1.29, 1.82) is 0 Å². The van der Waals surface area contributed by atoms with Crippen molar-refractivity contribution in [2.75, 3.05) is 5.73 Å². The SMILES string of the molecule is CCCc1nc(C)c(N)n1C(C)(C)C. The van der Waals surface area contributed by atoms with Crippen LogP contribution in [0.25, 0.3) is 0 Å². The second-order valence-corrected chi connectivity index (χ2v) is 4.75. The van der Waals surface area contributed by atoms with E-state index < -0.39 is 0 Å². The Bertz CT molecular complexity index is 318. The number of aromatic nitrogens is 2. The van der Waals surface area contributed by atoms with Gasteiger partial charge in [0.05, 0.1) is 5.69 Å². The molecule has 0 radical (unpaired) electrons. The molecule has 0 saturated heterocycles. The Morgan fingerprint density at radius 2 is 1.93 bits per heavy atom. The number of nitrogens with zero attached hydrogens (tertiary/aromatic N) is 2. The van der Waals surface area contributed by atoms with Crippen molar-refractivity contribution >= 4 is 5.82 Å².